The van der Waals surface area contributed by atoms with Crippen molar-refractivity contribution in [2.75, 3.05) is 4.90 Å². The maximum absolute atomic E-state index is 2.45. The second kappa shape index (κ2) is 11.6. The summed E-state index contributed by atoms with van der Waals surface area (Å²) in [5.74, 6) is 0. The largest absolute Gasteiger partial charge is 0.310 e. The second-order valence-corrected chi connectivity index (χ2v) is 13.3. The van der Waals surface area contributed by atoms with Gasteiger partial charge in [0.05, 0.1) is 5.69 Å². The van der Waals surface area contributed by atoms with Crippen LogP contribution in [0, 0.1) is 0 Å². The van der Waals surface area contributed by atoms with Crippen molar-refractivity contribution < 1.29 is 0 Å². The van der Waals surface area contributed by atoms with E-state index < -0.39 is 0 Å². The number of benzene rings is 10. The SMILES string of the molecule is c1ccc(B(c2ccccc2)c2ccc3c4ccccc4c4c(N(c5ccccc5)c5ccc6ccccc6c5)ccc5ccc2c3c54)cc1. The zero-order valence-corrected chi connectivity index (χ0v) is 27.5. The zero-order chi connectivity index (χ0) is 33.0. The minimum Gasteiger partial charge on any atom is -0.310 e. The van der Waals surface area contributed by atoms with E-state index in [-0.39, 0.29) is 6.71 Å². The van der Waals surface area contributed by atoms with Gasteiger partial charge in [0, 0.05) is 22.1 Å². The van der Waals surface area contributed by atoms with Crippen LogP contribution >= 0.6 is 0 Å². The van der Waals surface area contributed by atoms with Crippen molar-refractivity contribution in [2.24, 2.45) is 0 Å². The molecule has 0 saturated heterocycles. The quantitative estimate of drug-likeness (QED) is 0.100. The molecule has 10 rings (SSSR count). The molecule has 1 nitrogen and oxygen atoms in total. The number of fused-ring (bicyclic) bond motifs is 4. The first-order valence-electron chi connectivity index (χ1n) is 17.4. The standard InChI is InChI=1S/C48H32BN/c1-4-16-36(17-5-1)49(37-18-6-2-7-19-37)44-30-29-42-40-22-12-13-23-41(40)48-45(31-26-34-25-28-43(44)47(42)46(34)48)50(38-20-8-3-9-21-38)39-27-24-33-14-10-11-15-35(33)32-39/h1-32H. The minimum absolute atomic E-state index is 0.103. The highest BCUT2D eigenvalue weighted by molar-refractivity contribution is 6.97. The zero-order valence-electron chi connectivity index (χ0n) is 27.5. The molecule has 232 valence electrons. The highest BCUT2D eigenvalue weighted by Gasteiger charge is 2.27. The van der Waals surface area contributed by atoms with Gasteiger partial charge in [-0.05, 0) is 73.4 Å². The van der Waals surface area contributed by atoms with Crippen molar-refractivity contribution in [3.8, 4) is 0 Å². The molecule has 0 amide bonds. The van der Waals surface area contributed by atoms with Crippen LogP contribution in [0.4, 0.5) is 17.1 Å². The number of para-hydroxylation sites is 1. The summed E-state index contributed by atoms with van der Waals surface area (Å²) in [5, 5.41) is 12.8. The van der Waals surface area contributed by atoms with E-state index in [1.807, 2.05) is 0 Å². The van der Waals surface area contributed by atoms with Gasteiger partial charge in [-0.25, -0.2) is 0 Å². The van der Waals surface area contributed by atoms with Gasteiger partial charge >= 0.3 is 0 Å². The van der Waals surface area contributed by atoms with Crippen molar-refractivity contribution in [1.29, 1.82) is 0 Å². The second-order valence-electron chi connectivity index (χ2n) is 13.3. The fourth-order valence-electron chi connectivity index (χ4n) is 8.31. The molecule has 0 spiro atoms. The lowest BCUT2D eigenvalue weighted by atomic mass is 9.36. The Labute approximate surface area is 292 Å². The average Bonchev–Trinajstić information content (AvgIpc) is 3.19. The Morgan fingerprint density at radius 2 is 0.880 bits per heavy atom. The fraction of sp³-hybridized carbons (Fsp3) is 0. The number of hydrogen-bond acceptors (Lipinski definition) is 1. The predicted octanol–water partition coefficient (Wildman–Crippen LogP) is 10.9. The van der Waals surface area contributed by atoms with E-state index in [1.54, 1.807) is 0 Å². The maximum atomic E-state index is 2.45. The first-order chi connectivity index (χ1) is 24.8. The summed E-state index contributed by atoms with van der Waals surface area (Å²) in [6.07, 6.45) is 0. The molecule has 10 aromatic rings. The fourth-order valence-corrected chi connectivity index (χ4v) is 8.31. The van der Waals surface area contributed by atoms with Gasteiger partial charge in [0.2, 0.25) is 6.71 Å². The summed E-state index contributed by atoms with van der Waals surface area (Å²) < 4.78 is 0. The van der Waals surface area contributed by atoms with E-state index in [2.05, 4.69) is 199 Å². The Bertz CT molecular complexity index is 2770. The summed E-state index contributed by atoms with van der Waals surface area (Å²) in [6, 6.07) is 71.3. The Kier molecular flexibility index (Phi) is 6.67. The van der Waals surface area contributed by atoms with Crippen LogP contribution in [-0.2, 0) is 0 Å². The summed E-state index contributed by atoms with van der Waals surface area (Å²) in [4.78, 5) is 2.45. The van der Waals surface area contributed by atoms with E-state index in [1.165, 1.54) is 75.9 Å². The topological polar surface area (TPSA) is 3.24 Å². The molecule has 0 fully saturated rings. The lowest BCUT2D eigenvalue weighted by Gasteiger charge is -2.29. The van der Waals surface area contributed by atoms with Crippen LogP contribution in [0.25, 0.3) is 53.9 Å². The minimum atomic E-state index is 0.103. The molecule has 0 bridgehead atoms. The van der Waals surface area contributed by atoms with Gasteiger partial charge in [-0.2, -0.15) is 0 Å². The van der Waals surface area contributed by atoms with Crippen LogP contribution in [0.1, 0.15) is 0 Å². The van der Waals surface area contributed by atoms with Crippen LogP contribution in [0.15, 0.2) is 194 Å². The molecule has 0 radical (unpaired) electrons. The first-order valence-corrected chi connectivity index (χ1v) is 17.4. The molecule has 0 aromatic heterocycles. The number of anilines is 3. The molecule has 0 N–H and O–H groups in total. The first kappa shape index (κ1) is 28.6. The summed E-state index contributed by atoms with van der Waals surface area (Å²) in [5.41, 5.74) is 7.38. The van der Waals surface area contributed by atoms with E-state index in [0.717, 1.165) is 11.4 Å². The van der Waals surface area contributed by atoms with Crippen LogP contribution in [0.5, 0.6) is 0 Å². The lowest BCUT2D eigenvalue weighted by Crippen LogP contribution is -2.52. The van der Waals surface area contributed by atoms with Crippen LogP contribution in [-0.4, -0.2) is 6.71 Å². The smallest absolute Gasteiger partial charge is 0.241 e. The molecule has 0 unspecified atom stereocenters. The Hall–Kier alpha value is -6.38. The average molecular weight is 634 g/mol. The molecule has 2 heteroatoms. The molecule has 0 aliphatic heterocycles. The van der Waals surface area contributed by atoms with Crippen molar-refractivity contribution in [2.45, 2.75) is 0 Å². The Morgan fingerprint density at radius 3 is 1.62 bits per heavy atom. The summed E-state index contributed by atoms with van der Waals surface area (Å²) >= 11 is 0. The van der Waals surface area contributed by atoms with Crippen LogP contribution in [0.3, 0.4) is 0 Å². The molecular weight excluding hydrogens is 601 g/mol. The molecule has 0 aliphatic rings. The van der Waals surface area contributed by atoms with Gasteiger partial charge in [0.15, 0.2) is 0 Å². The van der Waals surface area contributed by atoms with E-state index in [4.69, 9.17) is 0 Å². The molecule has 50 heavy (non-hydrogen) atoms. The van der Waals surface area contributed by atoms with Gasteiger partial charge in [0.1, 0.15) is 0 Å². The van der Waals surface area contributed by atoms with Crippen LogP contribution < -0.4 is 21.3 Å². The Balaban J connectivity index is 1.33. The summed E-state index contributed by atoms with van der Waals surface area (Å²) in [6.45, 7) is 0.103. The van der Waals surface area contributed by atoms with Crippen molar-refractivity contribution in [3.05, 3.63) is 194 Å². The molecule has 0 saturated carbocycles. The normalized spacial score (nSPS) is 11.6. The van der Waals surface area contributed by atoms with E-state index in [9.17, 15) is 0 Å². The highest BCUT2D eigenvalue weighted by Crippen LogP contribution is 2.47. The third-order valence-corrected chi connectivity index (χ3v) is 10.5. The maximum Gasteiger partial charge on any atom is 0.241 e. The molecule has 0 heterocycles. The number of hydrogen-bond donors (Lipinski definition) is 0. The molecule has 0 aliphatic carbocycles. The van der Waals surface area contributed by atoms with E-state index >= 15 is 0 Å². The molecule has 10 aromatic carbocycles. The third kappa shape index (κ3) is 4.49. The molecule has 0 atom stereocenters. The lowest BCUT2D eigenvalue weighted by molar-refractivity contribution is 1.31. The molecular formula is C48H32BN. The Morgan fingerprint density at radius 1 is 0.320 bits per heavy atom. The van der Waals surface area contributed by atoms with Gasteiger partial charge in [-0.3, -0.25) is 0 Å². The van der Waals surface area contributed by atoms with Crippen molar-refractivity contribution in [1.82, 2.24) is 0 Å². The monoisotopic (exact) mass is 633 g/mol. The van der Waals surface area contributed by atoms with Gasteiger partial charge in [-0.15, -0.1) is 0 Å². The van der Waals surface area contributed by atoms with Gasteiger partial charge < -0.3 is 4.90 Å². The summed E-state index contributed by atoms with van der Waals surface area (Å²) in [7, 11) is 0. The third-order valence-electron chi connectivity index (χ3n) is 10.5. The number of nitrogens with zero attached hydrogens (tertiary/aromatic N) is 1. The number of rotatable bonds is 6. The highest BCUT2D eigenvalue weighted by atomic mass is 15.1. The van der Waals surface area contributed by atoms with Crippen molar-refractivity contribution in [3.63, 3.8) is 0 Å². The predicted molar refractivity (Wildman–Crippen MR) is 217 cm³/mol. The van der Waals surface area contributed by atoms with Gasteiger partial charge in [-0.1, -0.05) is 180 Å². The van der Waals surface area contributed by atoms with Crippen molar-refractivity contribution >= 4 is 94.0 Å². The van der Waals surface area contributed by atoms with Gasteiger partial charge in [0.25, 0.3) is 0 Å². The van der Waals surface area contributed by atoms with E-state index in [0.29, 0.717) is 0 Å². The van der Waals surface area contributed by atoms with Crippen LogP contribution in [0.2, 0.25) is 0 Å².